The lowest BCUT2D eigenvalue weighted by Gasteiger charge is -2.20. The van der Waals surface area contributed by atoms with E-state index < -0.39 is 0 Å². The number of ether oxygens (including phenoxy) is 1. The lowest BCUT2D eigenvalue weighted by molar-refractivity contribution is -0.129. The highest BCUT2D eigenvalue weighted by atomic mass is 16.5. The molecular formula is C14H22N4O4. The van der Waals surface area contributed by atoms with E-state index in [-0.39, 0.29) is 30.2 Å². The molecule has 122 valence electrons. The molecule has 1 aliphatic heterocycles. The normalized spacial score (nSPS) is 18.3. The van der Waals surface area contributed by atoms with Gasteiger partial charge in [-0.25, -0.2) is 0 Å². The first-order chi connectivity index (χ1) is 10.5. The number of hydrogen-bond acceptors (Lipinski definition) is 6. The zero-order chi connectivity index (χ0) is 16.1. The number of likely N-dealkylation sites (tertiary alicyclic amines) is 1. The number of amides is 2. The zero-order valence-corrected chi connectivity index (χ0v) is 13.2. The minimum atomic E-state index is -0.276. The van der Waals surface area contributed by atoms with Crippen LogP contribution in [-0.4, -0.2) is 53.1 Å². The van der Waals surface area contributed by atoms with Crippen molar-refractivity contribution in [3.05, 3.63) is 11.7 Å². The maximum Gasteiger partial charge on any atom is 0.228 e. The largest absolute Gasteiger partial charge is 0.377 e. The van der Waals surface area contributed by atoms with Crippen molar-refractivity contribution in [1.29, 1.82) is 0 Å². The fraction of sp³-hybridized carbons (Fsp3) is 0.714. The van der Waals surface area contributed by atoms with Gasteiger partial charge in [-0.05, 0) is 13.8 Å². The quantitative estimate of drug-likeness (QED) is 0.769. The van der Waals surface area contributed by atoms with Crippen LogP contribution in [0.1, 0.15) is 32.0 Å². The van der Waals surface area contributed by atoms with Gasteiger partial charge in [0.25, 0.3) is 0 Å². The summed E-state index contributed by atoms with van der Waals surface area (Å²) in [6.45, 7) is 5.09. The fourth-order valence-electron chi connectivity index (χ4n) is 2.42. The molecule has 1 fully saturated rings. The Labute approximate surface area is 129 Å². The summed E-state index contributed by atoms with van der Waals surface area (Å²) in [6.07, 6.45) is 0.736. The molecule has 0 aliphatic carbocycles. The Kier molecular flexibility index (Phi) is 5.48. The van der Waals surface area contributed by atoms with Gasteiger partial charge in [-0.2, -0.15) is 4.98 Å². The van der Waals surface area contributed by atoms with Crippen LogP contribution in [0.3, 0.4) is 0 Å². The first-order valence-electron chi connectivity index (χ1n) is 7.38. The summed E-state index contributed by atoms with van der Waals surface area (Å²) in [4.78, 5) is 29.7. The molecule has 8 heteroatoms. The van der Waals surface area contributed by atoms with Crippen molar-refractivity contribution < 1.29 is 18.8 Å². The molecule has 0 radical (unpaired) electrons. The van der Waals surface area contributed by atoms with E-state index in [1.165, 1.54) is 0 Å². The van der Waals surface area contributed by atoms with E-state index >= 15 is 0 Å². The van der Waals surface area contributed by atoms with Crippen molar-refractivity contribution in [1.82, 2.24) is 20.4 Å². The standard InChI is InChI=1S/C14H22N4O4/c1-9(2)18-7-10(6-13(18)19)14(20)15-5-4-12-16-11(8-21-3)17-22-12/h9-10H,4-8H2,1-3H3,(H,15,20)/t10-/m1/s1. The summed E-state index contributed by atoms with van der Waals surface area (Å²) in [7, 11) is 1.56. The van der Waals surface area contributed by atoms with Crippen LogP contribution in [0.4, 0.5) is 0 Å². The molecule has 8 nitrogen and oxygen atoms in total. The average molecular weight is 310 g/mol. The van der Waals surface area contributed by atoms with Crippen molar-refractivity contribution in [3.8, 4) is 0 Å². The lowest BCUT2D eigenvalue weighted by Crippen LogP contribution is -2.36. The van der Waals surface area contributed by atoms with Crippen molar-refractivity contribution in [2.24, 2.45) is 5.92 Å². The van der Waals surface area contributed by atoms with Gasteiger partial charge in [0.2, 0.25) is 17.7 Å². The molecule has 22 heavy (non-hydrogen) atoms. The molecule has 0 aromatic carbocycles. The molecule has 1 atom stereocenters. The Morgan fingerprint density at radius 3 is 2.95 bits per heavy atom. The molecule has 0 unspecified atom stereocenters. The summed E-state index contributed by atoms with van der Waals surface area (Å²) in [5.41, 5.74) is 0. The zero-order valence-electron chi connectivity index (χ0n) is 13.2. The van der Waals surface area contributed by atoms with Crippen molar-refractivity contribution in [3.63, 3.8) is 0 Å². The number of nitrogens with one attached hydrogen (secondary N) is 1. The number of carbonyl (C=O) groups excluding carboxylic acids is 2. The van der Waals surface area contributed by atoms with Crippen LogP contribution in [0, 0.1) is 5.92 Å². The average Bonchev–Trinajstić information content (AvgIpc) is 3.06. The number of aromatic nitrogens is 2. The van der Waals surface area contributed by atoms with Gasteiger partial charge >= 0.3 is 0 Å². The molecule has 1 N–H and O–H groups in total. The van der Waals surface area contributed by atoms with E-state index in [2.05, 4.69) is 15.5 Å². The van der Waals surface area contributed by atoms with Crippen LogP contribution in [0.25, 0.3) is 0 Å². The van der Waals surface area contributed by atoms with E-state index in [0.717, 1.165) is 0 Å². The number of hydrogen-bond donors (Lipinski definition) is 1. The van der Waals surface area contributed by atoms with E-state index in [0.29, 0.717) is 37.8 Å². The number of methoxy groups -OCH3 is 1. The fourth-order valence-corrected chi connectivity index (χ4v) is 2.42. The monoisotopic (exact) mass is 310 g/mol. The Bertz CT molecular complexity index is 529. The molecule has 1 saturated heterocycles. The van der Waals surface area contributed by atoms with E-state index in [1.54, 1.807) is 12.0 Å². The molecule has 1 aromatic rings. The Morgan fingerprint density at radius 1 is 1.55 bits per heavy atom. The second kappa shape index (κ2) is 7.35. The predicted octanol–water partition coefficient (Wildman–Crippen LogP) is 0.132. The van der Waals surface area contributed by atoms with Gasteiger partial charge in [0, 0.05) is 39.1 Å². The second-order valence-electron chi connectivity index (χ2n) is 5.62. The minimum Gasteiger partial charge on any atom is -0.377 e. The summed E-state index contributed by atoms with van der Waals surface area (Å²) >= 11 is 0. The molecule has 0 saturated carbocycles. The summed E-state index contributed by atoms with van der Waals surface area (Å²) in [6, 6.07) is 0.128. The van der Waals surface area contributed by atoms with Crippen LogP contribution >= 0.6 is 0 Å². The second-order valence-corrected chi connectivity index (χ2v) is 5.62. The summed E-state index contributed by atoms with van der Waals surface area (Å²) in [5, 5.41) is 6.56. The predicted molar refractivity (Wildman–Crippen MR) is 76.7 cm³/mol. The van der Waals surface area contributed by atoms with Crippen molar-refractivity contribution in [2.75, 3.05) is 20.2 Å². The number of nitrogens with zero attached hydrogens (tertiary/aromatic N) is 3. The van der Waals surface area contributed by atoms with Crippen LogP contribution in [0.5, 0.6) is 0 Å². The van der Waals surface area contributed by atoms with Crippen LogP contribution in [-0.2, 0) is 27.4 Å². The minimum absolute atomic E-state index is 0.0382. The van der Waals surface area contributed by atoms with Crippen molar-refractivity contribution in [2.45, 2.75) is 39.3 Å². The van der Waals surface area contributed by atoms with Gasteiger partial charge in [-0.15, -0.1) is 0 Å². The van der Waals surface area contributed by atoms with Gasteiger partial charge < -0.3 is 19.5 Å². The number of rotatable bonds is 7. The molecule has 2 heterocycles. The highest BCUT2D eigenvalue weighted by Crippen LogP contribution is 2.20. The molecule has 0 spiro atoms. The summed E-state index contributed by atoms with van der Waals surface area (Å²) < 4.78 is 9.93. The SMILES string of the molecule is COCc1noc(CCNC(=O)[C@@H]2CC(=O)N(C(C)C)C2)n1. The van der Waals surface area contributed by atoms with Gasteiger partial charge in [0.05, 0.1) is 5.92 Å². The molecule has 0 bridgehead atoms. The first-order valence-corrected chi connectivity index (χ1v) is 7.38. The highest BCUT2D eigenvalue weighted by Gasteiger charge is 2.35. The van der Waals surface area contributed by atoms with E-state index in [1.807, 2.05) is 13.8 Å². The molecule has 1 aromatic heterocycles. The Hall–Kier alpha value is -1.96. The van der Waals surface area contributed by atoms with Gasteiger partial charge in [0.1, 0.15) is 6.61 Å². The highest BCUT2D eigenvalue weighted by molar-refractivity contribution is 5.89. The lowest BCUT2D eigenvalue weighted by atomic mass is 10.1. The van der Waals surface area contributed by atoms with Gasteiger partial charge in [-0.3, -0.25) is 9.59 Å². The van der Waals surface area contributed by atoms with Crippen LogP contribution in [0.2, 0.25) is 0 Å². The molecule has 1 aliphatic rings. The smallest absolute Gasteiger partial charge is 0.228 e. The first kappa shape index (κ1) is 16.4. The third kappa shape index (κ3) is 4.03. The molecule has 2 amide bonds. The Balaban J connectivity index is 1.75. The van der Waals surface area contributed by atoms with Crippen LogP contribution < -0.4 is 5.32 Å². The van der Waals surface area contributed by atoms with E-state index in [4.69, 9.17) is 9.26 Å². The van der Waals surface area contributed by atoms with E-state index in [9.17, 15) is 9.59 Å². The summed E-state index contributed by atoms with van der Waals surface area (Å²) in [5.74, 6) is 0.600. The number of carbonyl (C=O) groups is 2. The third-order valence-electron chi connectivity index (χ3n) is 3.57. The van der Waals surface area contributed by atoms with Gasteiger partial charge in [-0.1, -0.05) is 5.16 Å². The Morgan fingerprint density at radius 2 is 2.32 bits per heavy atom. The topological polar surface area (TPSA) is 97.6 Å². The van der Waals surface area contributed by atoms with Crippen LogP contribution in [0.15, 0.2) is 4.52 Å². The maximum atomic E-state index is 12.1. The maximum absolute atomic E-state index is 12.1. The van der Waals surface area contributed by atoms with Crippen molar-refractivity contribution >= 4 is 11.8 Å². The molecular weight excluding hydrogens is 288 g/mol. The molecule has 2 rings (SSSR count). The third-order valence-corrected chi connectivity index (χ3v) is 3.57. The van der Waals surface area contributed by atoms with Gasteiger partial charge in [0.15, 0.2) is 5.82 Å².